The van der Waals surface area contributed by atoms with Gasteiger partial charge in [-0.15, -0.1) is 0 Å². The standard InChI is InChI=1S/C36H31ClN4O5S/c1-2-46-35(44)31-32(23-8-4-3-5-9-23)38-36-41(33(31)24-12-14-26(37)15-13-24)34(43)29(47-36)20-25-21-40(28-11-7-6-10-27(25)28)22-30(42)39-16-18-45-19-17-39/h3-15,20-21,33H,2,16-19,22H2,1H3/b29-20+/t33-/m0/s1. The molecule has 0 unspecified atom stereocenters. The lowest BCUT2D eigenvalue weighted by atomic mass is 9.93. The predicted molar refractivity (Wildman–Crippen MR) is 182 cm³/mol. The van der Waals surface area contributed by atoms with E-state index in [-0.39, 0.29) is 30.2 Å². The highest BCUT2D eigenvalue weighted by Crippen LogP contribution is 2.35. The Bertz CT molecular complexity index is 2200. The lowest BCUT2D eigenvalue weighted by Gasteiger charge is -2.27. The number of morpholine rings is 1. The van der Waals surface area contributed by atoms with E-state index < -0.39 is 12.0 Å². The van der Waals surface area contributed by atoms with Crippen molar-refractivity contribution in [3.8, 4) is 0 Å². The van der Waals surface area contributed by atoms with Gasteiger partial charge in [-0.05, 0) is 36.8 Å². The molecule has 9 nitrogen and oxygen atoms in total. The highest BCUT2D eigenvalue weighted by Gasteiger charge is 2.35. The highest BCUT2D eigenvalue weighted by atomic mass is 35.5. The van der Waals surface area contributed by atoms with Gasteiger partial charge in [0.2, 0.25) is 5.91 Å². The van der Waals surface area contributed by atoms with Crippen LogP contribution in [0.25, 0.3) is 22.7 Å². The number of esters is 1. The molecule has 2 aromatic heterocycles. The second-order valence-electron chi connectivity index (χ2n) is 11.2. The third-order valence-electron chi connectivity index (χ3n) is 8.33. The summed E-state index contributed by atoms with van der Waals surface area (Å²) in [4.78, 5) is 48.4. The average molecular weight is 667 g/mol. The van der Waals surface area contributed by atoms with Crippen molar-refractivity contribution in [1.29, 1.82) is 0 Å². The second kappa shape index (κ2) is 13.2. The van der Waals surface area contributed by atoms with Crippen LogP contribution in [0, 0.1) is 0 Å². The smallest absolute Gasteiger partial charge is 0.338 e. The molecule has 0 aliphatic carbocycles. The lowest BCUT2D eigenvalue weighted by molar-refractivity contribution is -0.139. The van der Waals surface area contributed by atoms with Gasteiger partial charge in [-0.2, -0.15) is 0 Å². The second-order valence-corrected chi connectivity index (χ2v) is 12.7. The van der Waals surface area contributed by atoms with Crippen molar-refractivity contribution in [2.45, 2.75) is 19.5 Å². The maximum absolute atomic E-state index is 14.4. The van der Waals surface area contributed by atoms with Gasteiger partial charge in [0.1, 0.15) is 6.54 Å². The van der Waals surface area contributed by atoms with Crippen LogP contribution < -0.4 is 14.9 Å². The molecule has 0 radical (unpaired) electrons. The number of hydrogen-bond donors (Lipinski definition) is 0. The summed E-state index contributed by atoms with van der Waals surface area (Å²) in [6.45, 7) is 4.29. The molecule has 11 heteroatoms. The molecular weight excluding hydrogens is 636 g/mol. The molecule has 2 aliphatic rings. The van der Waals surface area contributed by atoms with Crippen molar-refractivity contribution in [3.05, 3.63) is 132 Å². The van der Waals surface area contributed by atoms with E-state index in [0.717, 1.165) is 22.0 Å². The van der Waals surface area contributed by atoms with Crippen LogP contribution in [0.1, 0.15) is 29.7 Å². The van der Waals surface area contributed by atoms with Gasteiger partial charge < -0.3 is 18.9 Å². The zero-order valence-corrected chi connectivity index (χ0v) is 27.2. The van der Waals surface area contributed by atoms with E-state index >= 15 is 0 Å². The van der Waals surface area contributed by atoms with E-state index in [9.17, 15) is 14.4 Å². The molecule has 1 fully saturated rings. The maximum atomic E-state index is 14.4. The molecule has 4 heterocycles. The Labute approximate surface area is 279 Å². The number of carbonyl (C=O) groups is 2. The molecule has 5 aromatic rings. The summed E-state index contributed by atoms with van der Waals surface area (Å²) in [6.07, 6.45) is 3.76. The Balaban J connectivity index is 1.40. The van der Waals surface area contributed by atoms with Crippen LogP contribution in [0.15, 0.2) is 100 Å². The van der Waals surface area contributed by atoms with Gasteiger partial charge in [0.25, 0.3) is 5.56 Å². The Hall–Kier alpha value is -4.77. The molecule has 1 amide bonds. The van der Waals surface area contributed by atoms with Crippen LogP contribution in [0.4, 0.5) is 0 Å². The third kappa shape index (κ3) is 5.95. The molecule has 47 heavy (non-hydrogen) atoms. The van der Waals surface area contributed by atoms with Gasteiger partial charge >= 0.3 is 5.97 Å². The van der Waals surface area contributed by atoms with Gasteiger partial charge in [-0.1, -0.05) is 83.6 Å². The fourth-order valence-electron chi connectivity index (χ4n) is 6.12. The predicted octanol–water partition coefficient (Wildman–Crippen LogP) is 4.40. The van der Waals surface area contributed by atoms with Crippen LogP contribution >= 0.6 is 22.9 Å². The summed E-state index contributed by atoms with van der Waals surface area (Å²) in [6, 6.07) is 23.6. The van der Waals surface area contributed by atoms with Crippen LogP contribution in [0.5, 0.6) is 0 Å². The summed E-state index contributed by atoms with van der Waals surface area (Å²) < 4.78 is 14.9. The number of rotatable bonds is 7. The maximum Gasteiger partial charge on any atom is 0.338 e. The zero-order chi connectivity index (χ0) is 32.5. The molecule has 2 aliphatic heterocycles. The summed E-state index contributed by atoms with van der Waals surface area (Å²) >= 11 is 7.51. The number of thiazole rings is 1. The van der Waals surface area contributed by atoms with E-state index in [2.05, 4.69) is 0 Å². The zero-order valence-electron chi connectivity index (χ0n) is 25.6. The Morgan fingerprint density at radius 1 is 1.02 bits per heavy atom. The Morgan fingerprint density at radius 3 is 2.49 bits per heavy atom. The number of fused-ring (bicyclic) bond motifs is 2. The topological polar surface area (TPSA) is 95.1 Å². The number of amides is 1. The number of para-hydroxylation sites is 1. The third-order valence-corrected chi connectivity index (χ3v) is 9.57. The van der Waals surface area contributed by atoms with Crippen LogP contribution in [-0.2, 0) is 25.6 Å². The fraction of sp³-hybridized carbons (Fsp3) is 0.222. The molecule has 238 valence electrons. The molecule has 0 N–H and O–H groups in total. The van der Waals surface area contributed by atoms with E-state index in [4.69, 9.17) is 26.1 Å². The van der Waals surface area contributed by atoms with Gasteiger partial charge in [-0.25, -0.2) is 9.79 Å². The SMILES string of the molecule is CCOC(=O)C1=C(c2ccccc2)N=c2s/c(=C/c3cn(CC(=O)N4CCOCC4)c4ccccc34)c(=O)n2[C@H]1c1ccc(Cl)cc1. The number of ether oxygens (including phenoxy) is 2. The molecule has 0 bridgehead atoms. The molecule has 7 rings (SSSR count). The summed E-state index contributed by atoms with van der Waals surface area (Å²) in [5.41, 5.74) is 3.57. The van der Waals surface area contributed by atoms with Gasteiger partial charge in [0, 0.05) is 46.3 Å². The molecule has 1 atom stereocenters. The number of carbonyl (C=O) groups excluding carboxylic acids is 2. The molecular formula is C36H31ClN4O5S. The monoisotopic (exact) mass is 666 g/mol. The first-order valence-electron chi connectivity index (χ1n) is 15.4. The summed E-state index contributed by atoms with van der Waals surface area (Å²) in [7, 11) is 0. The van der Waals surface area contributed by atoms with Crippen molar-refractivity contribution in [3.63, 3.8) is 0 Å². The van der Waals surface area contributed by atoms with Crippen molar-refractivity contribution < 1.29 is 19.1 Å². The normalized spacial score (nSPS) is 16.7. The number of benzene rings is 3. The van der Waals surface area contributed by atoms with Crippen LogP contribution in [0.3, 0.4) is 0 Å². The fourth-order valence-corrected chi connectivity index (χ4v) is 7.24. The highest BCUT2D eigenvalue weighted by molar-refractivity contribution is 7.07. The largest absolute Gasteiger partial charge is 0.463 e. The first-order valence-corrected chi connectivity index (χ1v) is 16.6. The number of hydrogen-bond acceptors (Lipinski definition) is 7. The van der Waals surface area contributed by atoms with Crippen molar-refractivity contribution in [2.24, 2.45) is 4.99 Å². The molecule has 0 saturated carbocycles. The van der Waals surface area contributed by atoms with Crippen LogP contribution in [0.2, 0.25) is 5.02 Å². The minimum atomic E-state index is -0.799. The molecule has 1 saturated heterocycles. The summed E-state index contributed by atoms with van der Waals surface area (Å²) in [5.74, 6) is -0.528. The quantitative estimate of drug-likeness (QED) is 0.240. The van der Waals surface area contributed by atoms with E-state index in [0.29, 0.717) is 51.9 Å². The van der Waals surface area contributed by atoms with E-state index in [1.807, 2.05) is 88.5 Å². The Kier molecular flexibility index (Phi) is 8.64. The first kappa shape index (κ1) is 30.9. The first-order chi connectivity index (χ1) is 22.9. The van der Waals surface area contributed by atoms with Gasteiger partial charge in [0.05, 0.1) is 41.7 Å². The van der Waals surface area contributed by atoms with Crippen molar-refractivity contribution in [1.82, 2.24) is 14.0 Å². The lowest BCUT2D eigenvalue weighted by Crippen LogP contribution is -2.42. The van der Waals surface area contributed by atoms with Crippen molar-refractivity contribution in [2.75, 3.05) is 32.9 Å². The van der Waals surface area contributed by atoms with Crippen LogP contribution in [-0.4, -0.2) is 58.8 Å². The molecule has 3 aromatic carbocycles. The van der Waals surface area contributed by atoms with Gasteiger partial charge in [0.15, 0.2) is 4.80 Å². The average Bonchev–Trinajstić information content (AvgIpc) is 3.61. The van der Waals surface area contributed by atoms with Gasteiger partial charge in [-0.3, -0.25) is 14.2 Å². The van der Waals surface area contributed by atoms with E-state index in [1.54, 1.807) is 23.6 Å². The van der Waals surface area contributed by atoms with Crippen molar-refractivity contribution >= 4 is 57.5 Å². The minimum absolute atomic E-state index is 0.0166. The summed E-state index contributed by atoms with van der Waals surface area (Å²) in [5, 5.41) is 1.45. The number of halogens is 1. The van der Waals surface area contributed by atoms with E-state index in [1.165, 1.54) is 11.3 Å². The molecule has 0 spiro atoms. The Morgan fingerprint density at radius 2 is 1.74 bits per heavy atom. The minimum Gasteiger partial charge on any atom is -0.463 e. The number of nitrogens with zero attached hydrogens (tertiary/aromatic N) is 4. The number of aromatic nitrogens is 2.